The van der Waals surface area contributed by atoms with Crippen molar-refractivity contribution in [2.75, 3.05) is 37.8 Å². The molecule has 1 aromatic rings. The molecule has 0 spiro atoms. The number of carbonyl (C=O) groups is 2. The number of hydrogen-bond donors (Lipinski definition) is 1. The van der Waals surface area contributed by atoms with Crippen LogP contribution in [0, 0.1) is 0 Å². The molecule has 1 fully saturated rings. The summed E-state index contributed by atoms with van der Waals surface area (Å²) in [4.78, 5) is 25.8. The van der Waals surface area contributed by atoms with Crippen molar-refractivity contribution < 1.29 is 14.3 Å². The summed E-state index contributed by atoms with van der Waals surface area (Å²) in [6.45, 7) is 6.60. The number of nitrogens with one attached hydrogen (secondary N) is 1. The molecule has 1 saturated heterocycles. The normalized spacial score (nSPS) is 15.8. The molecule has 0 aliphatic carbocycles. The van der Waals surface area contributed by atoms with Gasteiger partial charge in [0.15, 0.2) is 0 Å². The Bertz CT molecular complexity index is 542. The van der Waals surface area contributed by atoms with Gasteiger partial charge < -0.3 is 15.0 Å². The smallest absolute Gasteiger partial charge is 0.232 e. The van der Waals surface area contributed by atoms with Crippen LogP contribution in [0.2, 0.25) is 0 Å². The van der Waals surface area contributed by atoms with E-state index in [2.05, 4.69) is 36.5 Å². The van der Waals surface area contributed by atoms with Crippen LogP contribution in [0.5, 0.6) is 0 Å². The fourth-order valence-electron chi connectivity index (χ4n) is 2.54. The Morgan fingerprint density at radius 1 is 1.21 bits per heavy atom. The average molecular weight is 350 g/mol. The van der Waals surface area contributed by atoms with Gasteiger partial charge in [-0.15, -0.1) is 11.8 Å². The maximum absolute atomic E-state index is 12.0. The minimum Gasteiger partial charge on any atom is -0.378 e. The summed E-state index contributed by atoms with van der Waals surface area (Å²) in [6.07, 6.45) is 1.01. The van der Waals surface area contributed by atoms with E-state index in [0.29, 0.717) is 37.8 Å². The lowest BCUT2D eigenvalue weighted by Gasteiger charge is -2.26. The van der Waals surface area contributed by atoms with E-state index in [1.807, 2.05) is 6.92 Å². The molecule has 0 aromatic heterocycles. The van der Waals surface area contributed by atoms with Gasteiger partial charge in [0, 0.05) is 13.1 Å². The largest absolute Gasteiger partial charge is 0.378 e. The maximum Gasteiger partial charge on any atom is 0.232 e. The van der Waals surface area contributed by atoms with Crippen LogP contribution < -0.4 is 5.32 Å². The third-order valence-corrected chi connectivity index (χ3v) is 5.01. The number of hydrogen-bond acceptors (Lipinski definition) is 4. The second-order valence-electron chi connectivity index (χ2n) is 5.87. The van der Waals surface area contributed by atoms with E-state index in [4.69, 9.17) is 4.74 Å². The third-order valence-electron chi connectivity index (χ3n) is 4.09. The van der Waals surface area contributed by atoms with Crippen molar-refractivity contribution in [1.29, 1.82) is 0 Å². The molecule has 2 amide bonds. The van der Waals surface area contributed by atoms with Crippen LogP contribution in [0.15, 0.2) is 24.3 Å². The van der Waals surface area contributed by atoms with Gasteiger partial charge in [0.1, 0.15) is 0 Å². The number of amides is 2. The Labute approximate surface area is 148 Å². The zero-order valence-corrected chi connectivity index (χ0v) is 15.2. The van der Waals surface area contributed by atoms with Crippen molar-refractivity contribution in [1.82, 2.24) is 10.2 Å². The molecule has 1 atom stereocenters. The molecule has 0 saturated carbocycles. The first-order valence-corrected chi connectivity index (χ1v) is 9.57. The Morgan fingerprint density at radius 3 is 2.50 bits per heavy atom. The number of morpholine rings is 1. The van der Waals surface area contributed by atoms with Crippen LogP contribution >= 0.6 is 11.8 Å². The summed E-state index contributed by atoms with van der Waals surface area (Å²) in [5, 5.41) is 2.98. The minimum absolute atomic E-state index is 0.0287. The summed E-state index contributed by atoms with van der Waals surface area (Å²) in [7, 11) is 0. The SMILES string of the molecule is CCc1ccc(C(C)NC(=O)CSCC(=O)N2CCOCC2)cc1. The molecule has 1 aliphatic rings. The highest BCUT2D eigenvalue weighted by molar-refractivity contribution is 8.00. The zero-order valence-electron chi connectivity index (χ0n) is 14.4. The Kier molecular flexibility index (Phi) is 7.59. The lowest BCUT2D eigenvalue weighted by molar-refractivity contribution is -0.132. The molecule has 5 nitrogen and oxygen atoms in total. The molecular weight excluding hydrogens is 324 g/mol. The number of rotatable bonds is 7. The lowest BCUT2D eigenvalue weighted by atomic mass is 10.1. The van der Waals surface area contributed by atoms with Crippen LogP contribution in [0.3, 0.4) is 0 Å². The van der Waals surface area contributed by atoms with Gasteiger partial charge in [0.05, 0.1) is 30.8 Å². The lowest BCUT2D eigenvalue weighted by Crippen LogP contribution is -2.41. The number of carbonyl (C=O) groups excluding carboxylic acids is 2. The van der Waals surface area contributed by atoms with E-state index in [-0.39, 0.29) is 17.9 Å². The molecule has 24 heavy (non-hydrogen) atoms. The topological polar surface area (TPSA) is 58.6 Å². The van der Waals surface area contributed by atoms with Gasteiger partial charge in [0.2, 0.25) is 11.8 Å². The molecule has 1 aromatic carbocycles. The number of thioether (sulfide) groups is 1. The number of aryl methyl sites for hydroxylation is 1. The van der Waals surface area contributed by atoms with Crippen molar-refractivity contribution in [2.24, 2.45) is 0 Å². The van der Waals surface area contributed by atoms with Gasteiger partial charge in [-0.1, -0.05) is 31.2 Å². The van der Waals surface area contributed by atoms with Gasteiger partial charge in [0.25, 0.3) is 0 Å². The highest BCUT2D eigenvalue weighted by Gasteiger charge is 2.17. The molecule has 0 bridgehead atoms. The zero-order chi connectivity index (χ0) is 17.4. The first-order chi connectivity index (χ1) is 11.6. The monoisotopic (exact) mass is 350 g/mol. The molecule has 1 aliphatic heterocycles. The van der Waals surface area contributed by atoms with E-state index in [9.17, 15) is 9.59 Å². The Hall–Kier alpha value is -1.53. The molecule has 1 N–H and O–H groups in total. The molecule has 2 rings (SSSR count). The van der Waals surface area contributed by atoms with E-state index < -0.39 is 0 Å². The van der Waals surface area contributed by atoms with Gasteiger partial charge in [-0.05, 0) is 24.5 Å². The number of ether oxygens (including phenoxy) is 1. The van der Waals surface area contributed by atoms with Gasteiger partial charge >= 0.3 is 0 Å². The van der Waals surface area contributed by atoms with Crippen molar-refractivity contribution in [3.05, 3.63) is 35.4 Å². The standard InChI is InChI=1S/C18H26N2O3S/c1-3-15-4-6-16(7-5-15)14(2)19-17(21)12-24-13-18(22)20-8-10-23-11-9-20/h4-7,14H,3,8-13H2,1-2H3,(H,19,21). The van der Waals surface area contributed by atoms with Crippen molar-refractivity contribution in [2.45, 2.75) is 26.3 Å². The first-order valence-electron chi connectivity index (χ1n) is 8.41. The van der Waals surface area contributed by atoms with Gasteiger partial charge in [-0.25, -0.2) is 0 Å². The van der Waals surface area contributed by atoms with Crippen LogP contribution in [0.4, 0.5) is 0 Å². The van der Waals surface area contributed by atoms with E-state index in [1.165, 1.54) is 17.3 Å². The summed E-state index contributed by atoms with van der Waals surface area (Å²) in [6, 6.07) is 8.26. The van der Waals surface area contributed by atoms with Crippen LogP contribution in [0.25, 0.3) is 0 Å². The summed E-state index contributed by atoms with van der Waals surface area (Å²) < 4.78 is 5.23. The quantitative estimate of drug-likeness (QED) is 0.817. The Morgan fingerprint density at radius 2 is 1.88 bits per heavy atom. The van der Waals surface area contributed by atoms with Crippen molar-refractivity contribution in [3.63, 3.8) is 0 Å². The van der Waals surface area contributed by atoms with Gasteiger partial charge in [-0.3, -0.25) is 9.59 Å². The Balaban J connectivity index is 1.69. The predicted molar refractivity (Wildman–Crippen MR) is 97.1 cm³/mol. The summed E-state index contributed by atoms with van der Waals surface area (Å²) in [5.74, 6) is 0.682. The molecule has 6 heteroatoms. The van der Waals surface area contributed by atoms with Crippen molar-refractivity contribution >= 4 is 23.6 Å². The van der Waals surface area contributed by atoms with Crippen LogP contribution in [0.1, 0.15) is 31.0 Å². The highest BCUT2D eigenvalue weighted by Crippen LogP contribution is 2.14. The van der Waals surface area contributed by atoms with Crippen LogP contribution in [-0.4, -0.2) is 54.5 Å². The second kappa shape index (κ2) is 9.69. The summed E-state index contributed by atoms with van der Waals surface area (Å²) in [5.41, 5.74) is 2.38. The molecule has 132 valence electrons. The van der Waals surface area contributed by atoms with E-state index in [0.717, 1.165) is 12.0 Å². The second-order valence-corrected chi connectivity index (χ2v) is 6.86. The molecule has 1 unspecified atom stereocenters. The molecule has 1 heterocycles. The number of benzene rings is 1. The molecule has 0 radical (unpaired) electrons. The summed E-state index contributed by atoms with van der Waals surface area (Å²) >= 11 is 1.36. The van der Waals surface area contributed by atoms with Crippen LogP contribution in [-0.2, 0) is 20.7 Å². The third kappa shape index (κ3) is 5.83. The fourth-order valence-corrected chi connectivity index (χ4v) is 3.27. The van der Waals surface area contributed by atoms with E-state index in [1.54, 1.807) is 4.90 Å². The average Bonchev–Trinajstić information content (AvgIpc) is 2.62. The van der Waals surface area contributed by atoms with Crippen molar-refractivity contribution in [3.8, 4) is 0 Å². The van der Waals surface area contributed by atoms with E-state index >= 15 is 0 Å². The first kappa shape index (κ1) is 18.8. The highest BCUT2D eigenvalue weighted by atomic mass is 32.2. The number of nitrogens with zero attached hydrogens (tertiary/aromatic N) is 1. The molecular formula is C18H26N2O3S. The predicted octanol–water partition coefficient (Wildman–Crippen LogP) is 2.02. The minimum atomic E-state index is -0.0400. The van der Waals surface area contributed by atoms with Gasteiger partial charge in [-0.2, -0.15) is 0 Å². The maximum atomic E-state index is 12.0. The fraction of sp³-hybridized carbons (Fsp3) is 0.556.